The SMILES string of the molecule is C=C1/C=C\C(C)=N/CCNCC1. The summed E-state index contributed by atoms with van der Waals surface area (Å²) in [5.74, 6) is 0. The van der Waals surface area contributed by atoms with E-state index in [0.29, 0.717) is 0 Å². The number of rotatable bonds is 0. The Morgan fingerprint density at radius 3 is 3.08 bits per heavy atom. The number of nitrogens with zero attached hydrogens (tertiary/aromatic N) is 1. The summed E-state index contributed by atoms with van der Waals surface area (Å²) in [6, 6.07) is 0. The molecule has 0 saturated carbocycles. The van der Waals surface area contributed by atoms with Gasteiger partial charge in [0, 0.05) is 12.3 Å². The Labute approximate surface area is 74.1 Å². The molecule has 1 aliphatic heterocycles. The van der Waals surface area contributed by atoms with Gasteiger partial charge in [-0.05, 0) is 26.0 Å². The summed E-state index contributed by atoms with van der Waals surface area (Å²) in [5, 5.41) is 3.30. The Morgan fingerprint density at radius 1 is 1.42 bits per heavy atom. The van der Waals surface area contributed by atoms with Crippen LogP contribution in [0.15, 0.2) is 29.3 Å². The van der Waals surface area contributed by atoms with E-state index < -0.39 is 0 Å². The van der Waals surface area contributed by atoms with Crippen LogP contribution in [0, 0.1) is 0 Å². The van der Waals surface area contributed by atoms with Crippen molar-refractivity contribution in [2.75, 3.05) is 19.6 Å². The fourth-order valence-electron chi connectivity index (χ4n) is 1.06. The molecule has 0 spiro atoms. The second kappa shape index (κ2) is 4.88. The monoisotopic (exact) mass is 164 g/mol. The van der Waals surface area contributed by atoms with Crippen LogP contribution in [-0.4, -0.2) is 25.3 Å². The Kier molecular flexibility index (Phi) is 3.74. The Bertz CT molecular complexity index is 214. The standard InChI is InChI=1S/C10H16N2/c1-9-3-4-10(2)12-8-7-11-6-5-9/h3-4,11H,1,5-8H2,2H3/b4-3-,12-10-. The van der Waals surface area contributed by atoms with E-state index in [0.717, 1.165) is 31.8 Å². The van der Waals surface area contributed by atoms with Crippen LogP contribution in [0.3, 0.4) is 0 Å². The molecule has 1 heterocycles. The molecule has 0 aromatic rings. The summed E-state index contributed by atoms with van der Waals surface area (Å²) in [6.07, 6.45) is 5.11. The molecule has 0 saturated heterocycles. The third-order valence-corrected chi connectivity index (χ3v) is 1.83. The molecule has 0 aromatic heterocycles. The summed E-state index contributed by atoms with van der Waals surface area (Å²) >= 11 is 0. The lowest BCUT2D eigenvalue weighted by Crippen LogP contribution is -2.19. The third-order valence-electron chi connectivity index (χ3n) is 1.83. The van der Waals surface area contributed by atoms with Crippen LogP contribution in [-0.2, 0) is 0 Å². The number of nitrogens with one attached hydrogen (secondary N) is 1. The summed E-state index contributed by atoms with van der Waals surface area (Å²) < 4.78 is 0. The van der Waals surface area contributed by atoms with Gasteiger partial charge < -0.3 is 5.32 Å². The maximum Gasteiger partial charge on any atom is 0.0517 e. The van der Waals surface area contributed by atoms with Crippen molar-refractivity contribution >= 4 is 5.71 Å². The molecule has 12 heavy (non-hydrogen) atoms. The highest BCUT2D eigenvalue weighted by Gasteiger charge is 1.93. The molecule has 1 N–H and O–H groups in total. The zero-order chi connectivity index (χ0) is 8.81. The van der Waals surface area contributed by atoms with Gasteiger partial charge in [-0.3, -0.25) is 4.99 Å². The van der Waals surface area contributed by atoms with Crippen LogP contribution in [0.2, 0.25) is 0 Å². The van der Waals surface area contributed by atoms with E-state index >= 15 is 0 Å². The molecule has 0 unspecified atom stereocenters. The quantitative estimate of drug-likeness (QED) is 0.577. The first-order chi connectivity index (χ1) is 5.79. The number of aliphatic imine (C=N–C) groups is 1. The first-order valence-corrected chi connectivity index (χ1v) is 4.36. The minimum absolute atomic E-state index is 0.878. The van der Waals surface area contributed by atoms with E-state index in [1.54, 1.807) is 0 Å². The molecule has 0 fully saturated rings. The molecular formula is C10H16N2. The van der Waals surface area contributed by atoms with E-state index in [4.69, 9.17) is 0 Å². The average molecular weight is 164 g/mol. The van der Waals surface area contributed by atoms with Crippen LogP contribution in [0.1, 0.15) is 13.3 Å². The van der Waals surface area contributed by atoms with E-state index in [1.807, 2.05) is 19.1 Å². The fourth-order valence-corrected chi connectivity index (χ4v) is 1.06. The zero-order valence-corrected chi connectivity index (χ0v) is 7.64. The Hall–Kier alpha value is -0.890. The van der Waals surface area contributed by atoms with E-state index in [9.17, 15) is 0 Å². The molecule has 0 aliphatic carbocycles. The largest absolute Gasteiger partial charge is 0.315 e. The van der Waals surface area contributed by atoms with Crippen molar-refractivity contribution in [2.24, 2.45) is 4.99 Å². The second-order valence-corrected chi connectivity index (χ2v) is 3.01. The molecule has 0 bridgehead atoms. The number of hydrogen-bond donors (Lipinski definition) is 1. The van der Waals surface area contributed by atoms with Gasteiger partial charge in [-0.15, -0.1) is 0 Å². The van der Waals surface area contributed by atoms with Gasteiger partial charge in [0.25, 0.3) is 0 Å². The van der Waals surface area contributed by atoms with E-state index in [1.165, 1.54) is 5.57 Å². The van der Waals surface area contributed by atoms with Crippen LogP contribution >= 0.6 is 0 Å². The van der Waals surface area contributed by atoms with Crippen LogP contribution in [0.4, 0.5) is 0 Å². The average Bonchev–Trinajstić information content (AvgIpc) is 2.07. The van der Waals surface area contributed by atoms with E-state index in [2.05, 4.69) is 16.9 Å². The van der Waals surface area contributed by atoms with Gasteiger partial charge >= 0.3 is 0 Å². The fraction of sp³-hybridized carbons (Fsp3) is 0.500. The molecule has 2 nitrogen and oxygen atoms in total. The highest BCUT2D eigenvalue weighted by atomic mass is 14.9. The normalized spacial score (nSPS) is 27.4. The predicted octanol–water partition coefficient (Wildman–Crippen LogP) is 1.55. The summed E-state index contributed by atoms with van der Waals surface area (Å²) in [4.78, 5) is 4.35. The van der Waals surface area contributed by atoms with Gasteiger partial charge in [-0.25, -0.2) is 0 Å². The lowest BCUT2D eigenvalue weighted by atomic mass is 10.2. The van der Waals surface area contributed by atoms with Gasteiger partial charge in [0.15, 0.2) is 0 Å². The number of hydrogen-bond acceptors (Lipinski definition) is 2. The van der Waals surface area contributed by atoms with Crippen molar-refractivity contribution in [2.45, 2.75) is 13.3 Å². The Balaban J connectivity index is 2.58. The van der Waals surface area contributed by atoms with Gasteiger partial charge in [0.05, 0.1) is 6.54 Å². The third kappa shape index (κ3) is 3.49. The molecular weight excluding hydrogens is 148 g/mol. The first-order valence-electron chi connectivity index (χ1n) is 4.36. The van der Waals surface area contributed by atoms with Gasteiger partial charge in [0.2, 0.25) is 0 Å². The predicted molar refractivity (Wildman–Crippen MR) is 53.7 cm³/mol. The van der Waals surface area contributed by atoms with Crippen LogP contribution in [0.25, 0.3) is 0 Å². The van der Waals surface area contributed by atoms with Gasteiger partial charge in [-0.2, -0.15) is 0 Å². The summed E-state index contributed by atoms with van der Waals surface area (Å²) in [7, 11) is 0. The smallest absolute Gasteiger partial charge is 0.0517 e. The molecule has 1 aliphatic rings. The van der Waals surface area contributed by atoms with Crippen molar-refractivity contribution in [1.82, 2.24) is 5.32 Å². The molecule has 0 amide bonds. The first kappa shape index (κ1) is 9.20. The van der Waals surface area contributed by atoms with Crippen molar-refractivity contribution in [3.05, 3.63) is 24.3 Å². The molecule has 0 radical (unpaired) electrons. The summed E-state index contributed by atoms with van der Waals surface area (Å²) in [6.45, 7) is 8.82. The minimum Gasteiger partial charge on any atom is -0.315 e. The minimum atomic E-state index is 0.878. The van der Waals surface area contributed by atoms with Crippen molar-refractivity contribution in [3.8, 4) is 0 Å². The maximum atomic E-state index is 4.35. The van der Waals surface area contributed by atoms with Crippen LogP contribution in [0.5, 0.6) is 0 Å². The van der Waals surface area contributed by atoms with Gasteiger partial charge in [0.1, 0.15) is 0 Å². The van der Waals surface area contributed by atoms with Crippen molar-refractivity contribution in [1.29, 1.82) is 0 Å². The lowest BCUT2D eigenvalue weighted by molar-refractivity contribution is 0.690. The second-order valence-electron chi connectivity index (χ2n) is 3.01. The molecule has 0 aromatic carbocycles. The van der Waals surface area contributed by atoms with Crippen molar-refractivity contribution < 1.29 is 0 Å². The zero-order valence-electron chi connectivity index (χ0n) is 7.64. The lowest BCUT2D eigenvalue weighted by Gasteiger charge is -2.05. The molecule has 0 atom stereocenters. The van der Waals surface area contributed by atoms with Gasteiger partial charge in [-0.1, -0.05) is 18.2 Å². The Morgan fingerprint density at radius 2 is 2.25 bits per heavy atom. The van der Waals surface area contributed by atoms with Crippen molar-refractivity contribution in [3.63, 3.8) is 0 Å². The summed E-state index contributed by atoms with van der Waals surface area (Å²) in [5.41, 5.74) is 2.25. The maximum absolute atomic E-state index is 4.35. The topological polar surface area (TPSA) is 24.4 Å². The molecule has 1 rings (SSSR count). The van der Waals surface area contributed by atoms with E-state index in [-0.39, 0.29) is 0 Å². The highest BCUT2D eigenvalue weighted by Crippen LogP contribution is 1.99. The molecule has 66 valence electrons. The number of allylic oxidation sites excluding steroid dienone is 2. The van der Waals surface area contributed by atoms with Crippen LogP contribution < -0.4 is 5.32 Å². The molecule has 2 heteroatoms. The highest BCUT2D eigenvalue weighted by molar-refractivity contribution is 5.93.